The zero-order chi connectivity index (χ0) is 11.3. The molecule has 15 heavy (non-hydrogen) atoms. The lowest BCUT2D eigenvalue weighted by molar-refractivity contribution is -0.0479. The van der Waals surface area contributed by atoms with Gasteiger partial charge in [-0.2, -0.15) is 0 Å². The van der Waals surface area contributed by atoms with Gasteiger partial charge in [0, 0.05) is 18.8 Å². The molecule has 1 rings (SSSR count). The van der Waals surface area contributed by atoms with Crippen molar-refractivity contribution in [3.63, 3.8) is 0 Å². The molecule has 1 aliphatic rings. The van der Waals surface area contributed by atoms with Crippen LogP contribution in [0, 0.1) is 5.92 Å². The maximum Gasteiger partial charge on any atom is 0.175 e. The Bertz CT molecular complexity index is 198. The Morgan fingerprint density at radius 1 is 1.47 bits per heavy atom. The molecular formula is C12H23FN2. The van der Waals surface area contributed by atoms with Crippen molar-refractivity contribution in [1.29, 1.82) is 0 Å². The van der Waals surface area contributed by atoms with Crippen molar-refractivity contribution in [2.75, 3.05) is 19.9 Å². The maximum atomic E-state index is 12.9. The summed E-state index contributed by atoms with van der Waals surface area (Å²) in [7, 11) is 0. The molecule has 0 atom stereocenters. The SMILES string of the molecule is C=C(CCC)N(CF)N1CCC(C)CC1. The number of halogens is 1. The molecule has 0 N–H and O–H groups in total. The highest BCUT2D eigenvalue weighted by Crippen LogP contribution is 2.21. The second kappa shape index (κ2) is 6.11. The Morgan fingerprint density at radius 2 is 2.07 bits per heavy atom. The van der Waals surface area contributed by atoms with Crippen LogP contribution in [0.4, 0.5) is 4.39 Å². The molecule has 0 radical (unpaired) electrons. The van der Waals surface area contributed by atoms with Gasteiger partial charge >= 0.3 is 0 Å². The largest absolute Gasteiger partial charge is 0.280 e. The molecule has 1 saturated heterocycles. The Kier molecular flexibility index (Phi) is 5.09. The van der Waals surface area contributed by atoms with Gasteiger partial charge in [0.05, 0.1) is 0 Å². The second-order valence-corrected chi connectivity index (χ2v) is 4.47. The van der Waals surface area contributed by atoms with Gasteiger partial charge in [-0.25, -0.2) is 9.40 Å². The van der Waals surface area contributed by atoms with E-state index in [4.69, 9.17) is 0 Å². The number of allylic oxidation sites excluding steroid dienone is 1. The number of hydrogen-bond donors (Lipinski definition) is 0. The Morgan fingerprint density at radius 3 is 2.53 bits per heavy atom. The van der Waals surface area contributed by atoms with E-state index in [2.05, 4.69) is 25.4 Å². The van der Waals surface area contributed by atoms with Crippen LogP contribution in [0.25, 0.3) is 0 Å². The van der Waals surface area contributed by atoms with Crippen molar-refractivity contribution in [1.82, 2.24) is 10.0 Å². The van der Waals surface area contributed by atoms with E-state index in [0.717, 1.165) is 50.4 Å². The fourth-order valence-corrected chi connectivity index (χ4v) is 2.01. The van der Waals surface area contributed by atoms with Crippen molar-refractivity contribution < 1.29 is 4.39 Å². The number of hydrogen-bond acceptors (Lipinski definition) is 2. The Balaban J connectivity index is 2.47. The fraction of sp³-hybridized carbons (Fsp3) is 0.833. The summed E-state index contributed by atoms with van der Waals surface area (Å²) in [5.41, 5.74) is 0.912. The van der Waals surface area contributed by atoms with Crippen LogP contribution in [-0.2, 0) is 0 Å². The van der Waals surface area contributed by atoms with Crippen molar-refractivity contribution in [2.24, 2.45) is 5.92 Å². The van der Waals surface area contributed by atoms with E-state index in [-0.39, 0.29) is 0 Å². The topological polar surface area (TPSA) is 6.48 Å². The van der Waals surface area contributed by atoms with Crippen molar-refractivity contribution in [2.45, 2.75) is 39.5 Å². The van der Waals surface area contributed by atoms with Gasteiger partial charge in [0.25, 0.3) is 0 Å². The molecule has 0 spiro atoms. The highest BCUT2D eigenvalue weighted by molar-refractivity contribution is 4.91. The zero-order valence-corrected chi connectivity index (χ0v) is 10.0. The second-order valence-electron chi connectivity index (χ2n) is 4.47. The van der Waals surface area contributed by atoms with Gasteiger partial charge in [0.2, 0.25) is 0 Å². The molecule has 2 nitrogen and oxygen atoms in total. The third-order valence-electron chi connectivity index (χ3n) is 3.12. The highest BCUT2D eigenvalue weighted by Gasteiger charge is 2.21. The van der Waals surface area contributed by atoms with Crippen LogP contribution in [0.1, 0.15) is 39.5 Å². The molecule has 3 heteroatoms. The van der Waals surface area contributed by atoms with E-state index in [1.165, 1.54) is 0 Å². The Labute approximate surface area is 92.7 Å². The van der Waals surface area contributed by atoms with E-state index in [9.17, 15) is 4.39 Å². The monoisotopic (exact) mass is 214 g/mol. The molecule has 0 bridgehead atoms. The summed E-state index contributed by atoms with van der Waals surface area (Å²) in [6.45, 7) is 9.81. The van der Waals surface area contributed by atoms with Gasteiger partial charge in [-0.3, -0.25) is 5.01 Å². The molecule has 0 unspecified atom stereocenters. The molecule has 1 fully saturated rings. The van der Waals surface area contributed by atoms with Crippen molar-refractivity contribution in [3.8, 4) is 0 Å². The fourth-order valence-electron chi connectivity index (χ4n) is 2.01. The minimum atomic E-state index is -0.437. The standard InChI is InChI=1S/C12H23FN2/c1-4-5-12(3)15(10-13)14-8-6-11(2)7-9-14/h11H,3-10H2,1-2H3. The van der Waals surface area contributed by atoms with Crippen LogP contribution >= 0.6 is 0 Å². The summed E-state index contributed by atoms with van der Waals surface area (Å²) >= 11 is 0. The van der Waals surface area contributed by atoms with Gasteiger partial charge in [-0.05, 0) is 25.2 Å². The molecule has 0 aliphatic carbocycles. The first-order chi connectivity index (χ1) is 7.19. The lowest BCUT2D eigenvalue weighted by Gasteiger charge is -2.39. The first-order valence-corrected chi connectivity index (χ1v) is 5.95. The van der Waals surface area contributed by atoms with Crippen LogP contribution in [0.15, 0.2) is 12.3 Å². The molecule has 88 valence electrons. The van der Waals surface area contributed by atoms with Gasteiger partial charge in [0.1, 0.15) is 0 Å². The maximum absolute atomic E-state index is 12.9. The lowest BCUT2D eigenvalue weighted by Crippen LogP contribution is -2.45. The molecule has 0 aromatic rings. The molecular weight excluding hydrogens is 191 g/mol. The predicted octanol–water partition coefficient (Wildman–Crippen LogP) is 3.18. The summed E-state index contributed by atoms with van der Waals surface area (Å²) in [5.74, 6) is 0.780. The third-order valence-corrected chi connectivity index (χ3v) is 3.12. The van der Waals surface area contributed by atoms with Gasteiger partial charge in [0.15, 0.2) is 6.80 Å². The first-order valence-electron chi connectivity index (χ1n) is 5.95. The molecule has 0 amide bonds. The minimum Gasteiger partial charge on any atom is -0.280 e. The number of nitrogens with zero attached hydrogens (tertiary/aromatic N) is 2. The van der Waals surface area contributed by atoms with E-state index in [1.807, 2.05) is 0 Å². The number of rotatable bonds is 5. The van der Waals surface area contributed by atoms with E-state index < -0.39 is 6.80 Å². The summed E-state index contributed by atoms with van der Waals surface area (Å²) in [4.78, 5) is 0. The van der Waals surface area contributed by atoms with Crippen LogP contribution in [-0.4, -0.2) is 29.9 Å². The van der Waals surface area contributed by atoms with E-state index in [1.54, 1.807) is 5.01 Å². The smallest absolute Gasteiger partial charge is 0.175 e. The van der Waals surface area contributed by atoms with E-state index in [0.29, 0.717) is 0 Å². The van der Waals surface area contributed by atoms with E-state index >= 15 is 0 Å². The summed E-state index contributed by atoms with van der Waals surface area (Å²) in [5, 5.41) is 3.83. The minimum absolute atomic E-state index is 0.437. The molecule has 1 heterocycles. The highest BCUT2D eigenvalue weighted by atomic mass is 19.1. The lowest BCUT2D eigenvalue weighted by atomic mass is 10.0. The predicted molar refractivity (Wildman–Crippen MR) is 61.8 cm³/mol. The van der Waals surface area contributed by atoms with Gasteiger partial charge < -0.3 is 0 Å². The van der Waals surface area contributed by atoms with Crippen molar-refractivity contribution >= 4 is 0 Å². The summed E-state index contributed by atoms with van der Waals surface area (Å²) in [6.07, 6.45) is 4.24. The van der Waals surface area contributed by atoms with Gasteiger partial charge in [-0.15, -0.1) is 0 Å². The average molecular weight is 214 g/mol. The average Bonchev–Trinajstić information content (AvgIpc) is 2.22. The normalized spacial score (nSPS) is 19.1. The van der Waals surface area contributed by atoms with Crippen LogP contribution in [0.5, 0.6) is 0 Å². The van der Waals surface area contributed by atoms with Crippen LogP contribution < -0.4 is 0 Å². The number of hydrazine groups is 1. The molecule has 0 aromatic carbocycles. The number of alkyl halides is 1. The van der Waals surface area contributed by atoms with Crippen LogP contribution in [0.2, 0.25) is 0 Å². The molecule has 0 aromatic heterocycles. The molecule has 0 saturated carbocycles. The van der Waals surface area contributed by atoms with Gasteiger partial charge in [-0.1, -0.05) is 26.8 Å². The summed E-state index contributed by atoms with van der Waals surface area (Å²) in [6, 6.07) is 0. The number of piperidine rings is 1. The summed E-state index contributed by atoms with van der Waals surface area (Å²) < 4.78 is 12.9. The quantitative estimate of drug-likeness (QED) is 0.649. The molecule has 1 aliphatic heterocycles. The first kappa shape index (κ1) is 12.5. The van der Waals surface area contributed by atoms with Crippen LogP contribution in [0.3, 0.4) is 0 Å². The zero-order valence-electron chi connectivity index (χ0n) is 10.0. The third kappa shape index (κ3) is 3.49. The Hall–Kier alpha value is -0.570. The van der Waals surface area contributed by atoms with Crippen molar-refractivity contribution in [3.05, 3.63) is 12.3 Å².